The van der Waals surface area contributed by atoms with Gasteiger partial charge in [0.15, 0.2) is 9.84 Å². The van der Waals surface area contributed by atoms with Gasteiger partial charge < -0.3 is 4.90 Å². The molecule has 16 heavy (non-hydrogen) atoms. The van der Waals surface area contributed by atoms with Gasteiger partial charge in [-0.2, -0.15) is 0 Å². The molecule has 0 bridgehead atoms. The molecular weight excluding hydrogens is 228 g/mol. The van der Waals surface area contributed by atoms with Gasteiger partial charge >= 0.3 is 0 Å². The Morgan fingerprint density at radius 3 is 2.56 bits per heavy atom. The SMILES string of the molecule is CC1NC(C)N(CC2CCS(=O)(=O)C2)C1=O. The van der Waals surface area contributed by atoms with E-state index >= 15 is 0 Å². The number of hydrogen-bond acceptors (Lipinski definition) is 4. The molecule has 6 heteroatoms. The van der Waals surface area contributed by atoms with Crippen molar-refractivity contribution in [3.63, 3.8) is 0 Å². The lowest BCUT2D eigenvalue weighted by molar-refractivity contribution is -0.130. The van der Waals surface area contributed by atoms with Crippen LogP contribution in [-0.4, -0.2) is 49.5 Å². The summed E-state index contributed by atoms with van der Waals surface area (Å²) in [4.78, 5) is 13.5. The normalized spacial score (nSPS) is 38.2. The van der Waals surface area contributed by atoms with Gasteiger partial charge in [-0.3, -0.25) is 10.1 Å². The standard InChI is InChI=1S/C10H18N2O3S/c1-7-10(13)12(8(2)11-7)5-9-3-4-16(14,15)6-9/h7-9,11H,3-6H2,1-2H3. The van der Waals surface area contributed by atoms with Crippen LogP contribution < -0.4 is 5.32 Å². The number of sulfone groups is 1. The summed E-state index contributed by atoms with van der Waals surface area (Å²) < 4.78 is 22.6. The first kappa shape index (κ1) is 11.9. The Kier molecular flexibility index (Phi) is 2.96. The Morgan fingerprint density at radius 2 is 2.12 bits per heavy atom. The minimum atomic E-state index is -2.84. The molecule has 2 fully saturated rings. The molecule has 92 valence electrons. The smallest absolute Gasteiger partial charge is 0.240 e. The molecule has 2 aliphatic heterocycles. The number of carbonyl (C=O) groups is 1. The fourth-order valence-electron chi connectivity index (χ4n) is 2.50. The van der Waals surface area contributed by atoms with Crippen LogP contribution in [0, 0.1) is 5.92 Å². The fourth-order valence-corrected chi connectivity index (χ4v) is 4.35. The highest BCUT2D eigenvalue weighted by atomic mass is 32.2. The number of nitrogens with zero attached hydrogens (tertiary/aromatic N) is 1. The topological polar surface area (TPSA) is 66.5 Å². The number of carbonyl (C=O) groups excluding carboxylic acids is 1. The fraction of sp³-hybridized carbons (Fsp3) is 0.900. The van der Waals surface area contributed by atoms with Gasteiger partial charge in [0, 0.05) is 6.54 Å². The zero-order valence-electron chi connectivity index (χ0n) is 9.64. The van der Waals surface area contributed by atoms with Crippen LogP contribution in [0.3, 0.4) is 0 Å². The van der Waals surface area contributed by atoms with Gasteiger partial charge in [0.2, 0.25) is 5.91 Å². The van der Waals surface area contributed by atoms with Crippen molar-refractivity contribution in [3.05, 3.63) is 0 Å². The maximum atomic E-state index is 11.8. The van der Waals surface area contributed by atoms with Gasteiger partial charge in [-0.1, -0.05) is 0 Å². The lowest BCUT2D eigenvalue weighted by Crippen LogP contribution is -2.38. The van der Waals surface area contributed by atoms with E-state index in [9.17, 15) is 13.2 Å². The van der Waals surface area contributed by atoms with Crippen LogP contribution in [0.25, 0.3) is 0 Å². The van der Waals surface area contributed by atoms with Crippen molar-refractivity contribution in [2.75, 3.05) is 18.1 Å². The molecule has 2 heterocycles. The lowest BCUT2D eigenvalue weighted by Gasteiger charge is -2.23. The average molecular weight is 246 g/mol. The van der Waals surface area contributed by atoms with E-state index in [4.69, 9.17) is 0 Å². The molecule has 2 aliphatic rings. The zero-order chi connectivity index (χ0) is 11.9. The van der Waals surface area contributed by atoms with E-state index in [1.54, 1.807) is 4.90 Å². The second-order valence-electron chi connectivity index (χ2n) is 4.82. The van der Waals surface area contributed by atoms with Gasteiger partial charge in [-0.05, 0) is 26.2 Å². The van der Waals surface area contributed by atoms with Crippen molar-refractivity contribution in [2.24, 2.45) is 5.92 Å². The predicted octanol–water partition coefficient (Wildman–Crippen LogP) is -0.413. The van der Waals surface area contributed by atoms with Crippen LogP contribution in [0.2, 0.25) is 0 Å². The number of amides is 1. The van der Waals surface area contributed by atoms with E-state index in [0.717, 1.165) is 0 Å². The number of nitrogens with one attached hydrogen (secondary N) is 1. The molecule has 0 radical (unpaired) electrons. The van der Waals surface area contributed by atoms with Crippen LogP contribution in [0.1, 0.15) is 20.3 Å². The molecule has 3 unspecified atom stereocenters. The van der Waals surface area contributed by atoms with Gasteiger partial charge in [-0.25, -0.2) is 8.42 Å². The summed E-state index contributed by atoms with van der Waals surface area (Å²) in [5, 5.41) is 3.14. The minimum Gasteiger partial charge on any atom is -0.326 e. The van der Waals surface area contributed by atoms with E-state index in [1.165, 1.54) is 0 Å². The third-order valence-electron chi connectivity index (χ3n) is 3.39. The van der Waals surface area contributed by atoms with Crippen molar-refractivity contribution < 1.29 is 13.2 Å². The summed E-state index contributed by atoms with van der Waals surface area (Å²) in [5.74, 6) is 0.704. The molecule has 1 N–H and O–H groups in total. The van der Waals surface area contributed by atoms with Crippen molar-refractivity contribution in [2.45, 2.75) is 32.5 Å². The van der Waals surface area contributed by atoms with Crippen LogP contribution in [0.4, 0.5) is 0 Å². The second kappa shape index (κ2) is 4.00. The molecule has 0 saturated carbocycles. The molecule has 0 aliphatic carbocycles. The maximum Gasteiger partial charge on any atom is 0.240 e. The summed E-state index contributed by atoms with van der Waals surface area (Å²) in [5.41, 5.74) is 0. The summed E-state index contributed by atoms with van der Waals surface area (Å²) in [6.45, 7) is 4.34. The Hall–Kier alpha value is -0.620. The van der Waals surface area contributed by atoms with Gasteiger partial charge in [0.25, 0.3) is 0 Å². The third-order valence-corrected chi connectivity index (χ3v) is 5.23. The molecule has 0 aromatic rings. The van der Waals surface area contributed by atoms with Crippen LogP contribution in [0.5, 0.6) is 0 Å². The van der Waals surface area contributed by atoms with E-state index < -0.39 is 9.84 Å². The predicted molar refractivity (Wildman–Crippen MR) is 60.5 cm³/mol. The first-order chi connectivity index (χ1) is 7.39. The third kappa shape index (κ3) is 2.22. The Bertz CT molecular complexity index is 393. The molecule has 2 saturated heterocycles. The highest BCUT2D eigenvalue weighted by Crippen LogP contribution is 2.22. The lowest BCUT2D eigenvalue weighted by atomic mass is 10.1. The minimum absolute atomic E-state index is 0.0193. The maximum absolute atomic E-state index is 11.8. The van der Waals surface area contributed by atoms with E-state index in [-0.39, 0.29) is 35.5 Å². The van der Waals surface area contributed by atoms with E-state index in [2.05, 4.69) is 5.32 Å². The number of hydrogen-bond donors (Lipinski definition) is 1. The first-order valence-electron chi connectivity index (χ1n) is 5.66. The first-order valence-corrected chi connectivity index (χ1v) is 7.48. The van der Waals surface area contributed by atoms with Gasteiger partial charge in [-0.15, -0.1) is 0 Å². The largest absolute Gasteiger partial charge is 0.326 e. The van der Waals surface area contributed by atoms with Gasteiger partial charge in [0.05, 0.1) is 23.7 Å². The molecule has 5 nitrogen and oxygen atoms in total. The highest BCUT2D eigenvalue weighted by molar-refractivity contribution is 7.91. The zero-order valence-corrected chi connectivity index (χ0v) is 10.5. The van der Waals surface area contributed by atoms with Crippen molar-refractivity contribution >= 4 is 15.7 Å². The monoisotopic (exact) mass is 246 g/mol. The summed E-state index contributed by atoms with van der Waals surface area (Å²) in [7, 11) is -2.84. The van der Waals surface area contributed by atoms with Crippen LogP contribution in [-0.2, 0) is 14.6 Å². The number of rotatable bonds is 2. The Labute approximate surface area is 96.1 Å². The Morgan fingerprint density at radius 1 is 1.44 bits per heavy atom. The van der Waals surface area contributed by atoms with Crippen molar-refractivity contribution in [1.82, 2.24) is 10.2 Å². The molecule has 1 amide bonds. The van der Waals surface area contributed by atoms with Crippen molar-refractivity contribution in [3.8, 4) is 0 Å². The Balaban J connectivity index is 1.98. The highest BCUT2D eigenvalue weighted by Gasteiger charge is 2.37. The molecule has 0 aromatic carbocycles. The van der Waals surface area contributed by atoms with Crippen molar-refractivity contribution in [1.29, 1.82) is 0 Å². The van der Waals surface area contributed by atoms with E-state index in [0.29, 0.717) is 13.0 Å². The quantitative estimate of drug-likeness (QED) is 0.719. The molecule has 3 atom stereocenters. The van der Waals surface area contributed by atoms with Crippen LogP contribution in [0.15, 0.2) is 0 Å². The summed E-state index contributed by atoms with van der Waals surface area (Å²) >= 11 is 0. The molecule has 2 rings (SSSR count). The van der Waals surface area contributed by atoms with Gasteiger partial charge in [0.1, 0.15) is 0 Å². The molecular formula is C10H18N2O3S. The molecule has 0 aromatic heterocycles. The summed E-state index contributed by atoms with van der Waals surface area (Å²) in [6, 6.07) is -0.145. The van der Waals surface area contributed by atoms with Crippen LogP contribution >= 0.6 is 0 Å². The average Bonchev–Trinajstić information content (AvgIpc) is 2.62. The molecule has 0 spiro atoms. The van der Waals surface area contributed by atoms with E-state index in [1.807, 2.05) is 13.8 Å². The second-order valence-corrected chi connectivity index (χ2v) is 7.05. The summed E-state index contributed by atoms with van der Waals surface area (Å²) in [6.07, 6.45) is 0.707.